The van der Waals surface area contributed by atoms with Gasteiger partial charge in [0.15, 0.2) is 0 Å². The molecular weight excluding hydrogens is 144 g/mol. The summed E-state index contributed by atoms with van der Waals surface area (Å²) in [6, 6.07) is 0. The minimum atomic E-state index is 0. The summed E-state index contributed by atoms with van der Waals surface area (Å²) in [7, 11) is 0. The molecule has 0 aromatic carbocycles. The van der Waals surface area contributed by atoms with E-state index in [-0.39, 0.29) is 17.1 Å². The zero-order valence-electron chi connectivity index (χ0n) is 3.45. The maximum absolute atomic E-state index is 3.93. The molecule has 2 heteroatoms. The number of hydrogen-bond donors (Lipinski definition) is 1. The maximum atomic E-state index is 3.93. The average Bonchev–Trinajstić information content (AvgIpc) is 1.41. The number of hydrogen-bond acceptors (Lipinski definition) is 1. The quantitative estimate of drug-likeness (QED) is 0.345. The molecule has 0 saturated carbocycles. The predicted molar refractivity (Wildman–Crippen MR) is 28.7 cm³/mol. The summed E-state index contributed by atoms with van der Waals surface area (Å²) in [5.74, 6) is 0.920. The van der Waals surface area contributed by atoms with Gasteiger partial charge in [0.05, 0.1) is 0 Å². The van der Waals surface area contributed by atoms with Gasteiger partial charge in [-0.15, -0.1) is 6.58 Å². The van der Waals surface area contributed by atoms with E-state index in [2.05, 4.69) is 19.2 Å². The van der Waals surface area contributed by atoms with E-state index in [9.17, 15) is 0 Å². The minimum Gasteiger partial charge on any atom is -0.179 e. The van der Waals surface area contributed by atoms with Crippen LogP contribution in [0, 0.1) is 0 Å². The van der Waals surface area contributed by atoms with E-state index in [1.54, 1.807) is 0 Å². The van der Waals surface area contributed by atoms with Crippen molar-refractivity contribution in [3.05, 3.63) is 12.7 Å². The molecule has 0 atom stereocenters. The third-order valence-corrected chi connectivity index (χ3v) is 0.591. The Morgan fingerprint density at radius 3 is 2.17 bits per heavy atom. The van der Waals surface area contributed by atoms with Crippen LogP contribution in [-0.4, -0.2) is 5.75 Å². The molecule has 0 spiro atoms. The summed E-state index contributed by atoms with van der Waals surface area (Å²) in [6.07, 6.45) is 2.87. The molecule has 0 nitrogen and oxygen atoms in total. The molecule has 0 aromatic rings. The summed E-state index contributed by atoms with van der Waals surface area (Å²) in [6.45, 7) is 3.50. The SMILES string of the molecule is C=CCCS.[Cu]. The van der Waals surface area contributed by atoms with Crippen molar-refractivity contribution in [3.8, 4) is 0 Å². The Bertz CT molecular complexity index is 28.7. The maximum Gasteiger partial charge on any atom is 0 e. The summed E-state index contributed by atoms with van der Waals surface area (Å²) >= 11 is 3.93. The Kier molecular flexibility index (Phi) is 14.9. The Balaban J connectivity index is 0. The van der Waals surface area contributed by atoms with Crippen LogP contribution in [0.2, 0.25) is 0 Å². The van der Waals surface area contributed by atoms with Crippen LogP contribution in [0.25, 0.3) is 0 Å². The van der Waals surface area contributed by atoms with Gasteiger partial charge in [0.25, 0.3) is 0 Å². The number of allylic oxidation sites excluding steroid dienone is 1. The standard InChI is InChI=1S/C4H8S.Cu/c1-2-3-4-5;/h2,5H,1,3-4H2;. The molecule has 6 heavy (non-hydrogen) atoms. The largest absolute Gasteiger partial charge is 0.179 e. The molecule has 1 radical (unpaired) electrons. The van der Waals surface area contributed by atoms with Gasteiger partial charge < -0.3 is 0 Å². The molecule has 0 rings (SSSR count). The molecule has 0 aliphatic heterocycles. The van der Waals surface area contributed by atoms with Gasteiger partial charge in [-0.1, -0.05) is 6.08 Å². The molecule has 0 heterocycles. The van der Waals surface area contributed by atoms with Crippen LogP contribution in [0.15, 0.2) is 12.7 Å². The van der Waals surface area contributed by atoms with E-state index in [0.29, 0.717) is 0 Å². The van der Waals surface area contributed by atoms with Gasteiger partial charge in [-0.3, -0.25) is 0 Å². The predicted octanol–water partition coefficient (Wildman–Crippen LogP) is 1.49. The average molecular weight is 152 g/mol. The van der Waals surface area contributed by atoms with Gasteiger partial charge in [-0.25, -0.2) is 0 Å². The van der Waals surface area contributed by atoms with Crippen molar-refractivity contribution in [2.45, 2.75) is 6.42 Å². The van der Waals surface area contributed by atoms with E-state index < -0.39 is 0 Å². The molecular formula is C4H8CuS. The van der Waals surface area contributed by atoms with Gasteiger partial charge >= 0.3 is 0 Å². The topological polar surface area (TPSA) is 0 Å². The van der Waals surface area contributed by atoms with E-state index >= 15 is 0 Å². The fraction of sp³-hybridized carbons (Fsp3) is 0.500. The molecule has 0 aliphatic carbocycles. The van der Waals surface area contributed by atoms with Crippen LogP contribution >= 0.6 is 12.6 Å². The normalized spacial score (nSPS) is 6.17. The third-order valence-electron chi connectivity index (χ3n) is 0.333. The molecule has 0 bridgehead atoms. The van der Waals surface area contributed by atoms with Crippen LogP contribution < -0.4 is 0 Å². The first-order chi connectivity index (χ1) is 2.41. The van der Waals surface area contributed by atoms with Crippen molar-refractivity contribution < 1.29 is 17.1 Å². The van der Waals surface area contributed by atoms with Crippen molar-refractivity contribution in [1.29, 1.82) is 0 Å². The number of rotatable bonds is 2. The first-order valence-electron chi connectivity index (χ1n) is 1.63. The molecule has 0 amide bonds. The Labute approximate surface area is 54.9 Å². The van der Waals surface area contributed by atoms with Crippen molar-refractivity contribution in [3.63, 3.8) is 0 Å². The van der Waals surface area contributed by atoms with Gasteiger partial charge in [-0.2, -0.15) is 12.6 Å². The molecule has 0 fully saturated rings. The zero-order valence-corrected chi connectivity index (χ0v) is 5.28. The van der Waals surface area contributed by atoms with Crippen LogP contribution in [-0.2, 0) is 17.1 Å². The fourth-order valence-electron chi connectivity index (χ4n) is 0.0913. The summed E-state index contributed by atoms with van der Waals surface area (Å²) in [5, 5.41) is 0. The molecule has 0 aromatic heterocycles. The first-order valence-corrected chi connectivity index (χ1v) is 2.27. The van der Waals surface area contributed by atoms with E-state index in [4.69, 9.17) is 0 Å². The first kappa shape index (κ1) is 9.79. The second-order valence-corrected chi connectivity index (χ2v) is 1.25. The summed E-state index contributed by atoms with van der Waals surface area (Å²) in [4.78, 5) is 0. The second-order valence-electron chi connectivity index (χ2n) is 0.801. The monoisotopic (exact) mass is 151 g/mol. The van der Waals surface area contributed by atoms with E-state index in [1.807, 2.05) is 6.08 Å². The van der Waals surface area contributed by atoms with Crippen molar-refractivity contribution >= 4 is 12.6 Å². The van der Waals surface area contributed by atoms with Gasteiger partial charge in [0.2, 0.25) is 0 Å². The Morgan fingerprint density at radius 2 is 2.17 bits per heavy atom. The van der Waals surface area contributed by atoms with Crippen molar-refractivity contribution in [2.75, 3.05) is 5.75 Å². The smallest absolute Gasteiger partial charge is 0 e. The summed E-state index contributed by atoms with van der Waals surface area (Å²) in [5.41, 5.74) is 0. The molecule has 0 saturated heterocycles. The number of thiol groups is 1. The van der Waals surface area contributed by atoms with Crippen LogP contribution in [0.5, 0.6) is 0 Å². The van der Waals surface area contributed by atoms with Gasteiger partial charge in [0, 0.05) is 17.1 Å². The molecule has 0 N–H and O–H groups in total. The fourth-order valence-corrected chi connectivity index (χ4v) is 0.274. The molecule has 0 aliphatic rings. The Hall–Kier alpha value is 0.609. The van der Waals surface area contributed by atoms with E-state index in [1.165, 1.54) is 0 Å². The van der Waals surface area contributed by atoms with E-state index in [0.717, 1.165) is 12.2 Å². The molecule has 41 valence electrons. The van der Waals surface area contributed by atoms with Crippen LogP contribution in [0.1, 0.15) is 6.42 Å². The summed E-state index contributed by atoms with van der Waals surface area (Å²) < 4.78 is 0. The zero-order chi connectivity index (χ0) is 4.12. The van der Waals surface area contributed by atoms with Gasteiger partial charge in [-0.05, 0) is 12.2 Å². The second kappa shape index (κ2) is 9.15. The third kappa shape index (κ3) is 8.82. The minimum absolute atomic E-state index is 0. The molecule has 0 unspecified atom stereocenters. The van der Waals surface area contributed by atoms with Crippen molar-refractivity contribution in [2.24, 2.45) is 0 Å². The van der Waals surface area contributed by atoms with Crippen molar-refractivity contribution in [1.82, 2.24) is 0 Å². The Morgan fingerprint density at radius 1 is 1.67 bits per heavy atom. The van der Waals surface area contributed by atoms with Gasteiger partial charge in [0.1, 0.15) is 0 Å². The van der Waals surface area contributed by atoms with Crippen LogP contribution in [0.4, 0.5) is 0 Å². The van der Waals surface area contributed by atoms with Crippen LogP contribution in [0.3, 0.4) is 0 Å².